The van der Waals surface area contributed by atoms with Crippen LogP contribution in [0.5, 0.6) is 0 Å². The summed E-state index contributed by atoms with van der Waals surface area (Å²) in [7, 11) is -3.80. The van der Waals surface area contributed by atoms with Crippen molar-refractivity contribution >= 4 is 50.5 Å². The van der Waals surface area contributed by atoms with Crippen LogP contribution in [0.1, 0.15) is 10.5 Å². The highest BCUT2D eigenvalue weighted by Crippen LogP contribution is 2.31. The predicted molar refractivity (Wildman–Crippen MR) is 113 cm³/mol. The van der Waals surface area contributed by atoms with Crippen molar-refractivity contribution in [1.82, 2.24) is 19.4 Å². The lowest BCUT2D eigenvalue weighted by atomic mass is 10.2. The molecule has 0 atom stereocenters. The number of nitrogens with one attached hydrogen (secondary N) is 1. The van der Waals surface area contributed by atoms with Crippen molar-refractivity contribution in [2.75, 3.05) is 26.2 Å². The van der Waals surface area contributed by atoms with Gasteiger partial charge in [0.05, 0.1) is 20.6 Å². The fraction of sp³-hybridized carbons (Fsp3) is 0.222. The number of nitrogens with zero attached hydrogens (tertiary/aromatic N) is 3. The number of piperazine rings is 1. The van der Waals surface area contributed by atoms with E-state index in [9.17, 15) is 13.2 Å². The fourth-order valence-electron chi connectivity index (χ4n) is 3.11. The molecule has 152 valence electrons. The molecule has 1 fully saturated rings. The number of carbonyl (C=O) groups excluding carboxylic acids is 1. The number of rotatable bonds is 4. The summed E-state index contributed by atoms with van der Waals surface area (Å²) in [5.74, 6) is -0.234. The molecule has 29 heavy (non-hydrogen) atoms. The lowest BCUT2D eigenvalue weighted by molar-refractivity contribution is 0.0692. The van der Waals surface area contributed by atoms with Crippen LogP contribution in [0.2, 0.25) is 10.0 Å². The van der Waals surface area contributed by atoms with Gasteiger partial charge in [-0.05, 0) is 29.6 Å². The summed E-state index contributed by atoms with van der Waals surface area (Å²) in [6.45, 7) is 0.854. The Bertz CT molecular complexity index is 1140. The Morgan fingerprint density at radius 1 is 1.10 bits per heavy atom. The SMILES string of the molecule is O=C(c1cc(-c2cccs2)[nH]n1)N1CCN(S(=O)(=O)c2cccc(Cl)c2Cl)CC1. The molecule has 2 aromatic heterocycles. The molecule has 0 bridgehead atoms. The quantitative estimate of drug-likeness (QED) is 0.630. The number of amides is 1. The number of thiophene rings is 1. The van der Waals surface area contributed by atoms with Gasteiger partial charge in [0, 0.05) is 26.2 Å². The molecule has 7 nitrogen and oxygen atoms in total. The second kappa shape index (κ2) is 8.08. The maximum Gasteiger partial charge on any atom is 0.274 e. The van der Waals surface area contributed by atoms with Crippen LogP contribution in [0.25, 0.3) is 10.6 Å². The first-order valence-corrected chi connectivity index (χ1v) is 11.8. The summed E-state index contributed by atoms with van der Waals surface area (Å²) < 4.78 is 27.1. The van der Waals surface area contributed by atoms with Crippen molar-refractivity contribution in [3.63, 3.8) is 0 Å². The molecule has 1 aliphatic rings. The second-order valence-corrected chi connectivity index (χ2v) is 10.0. The average molecular weight is 471 g/mol. The van der Waals surface area contributed by atoms with Gasteiger partial charge in [-0.2, -0.15) is 9.40 Å². The van der Waals surface area contributed by atoms with E-state index < -0.39 is 10.0 Å². The number of aromatic amines is 1. The second-order valence-electron chi connectivity index (χ2n) is 6.39. The van der Waals surface area contributed by atoms with Gasteiger partial charge >= 0.3 is 0 Å². The molecule has 0 unspecified atom stereocenters. The Balaban J connectivity index is 1.45. The molecule has 0 radical (unpaired) electrons. The van der Waals surface area contributed by atoms with Gasteiger partial charge in [-0.25, -0.2) is 8.42 Å². The molecule has 1 amide bonds. The Morgan fingerprint density at radius 3 is 2.55 bits per heavy atom. The number of halogens is 2. The Morgan fingerprint density at radius 2 is 1.86 bits per heavy atom. The van der Waals surface area contributed by atoms with Crippen molar-refractivity contribution in [3.8, 4) is 10.6 Å². The number of hydrogen-bond acceptors (Lipinski definition) is 5. The number of hydrogen-bond donors (Lipinski definition) is 1. The summed E-state index contributed by atoms with van der Waals surface area (Å²) in [5, 5.41) is 9.12. The zero-order valence-electron chi connectivity index (χ0n) is 15.0. The Labute approximate surface area is 181 Å². The van der Waals surface area contributed by atoms with Crippen molar-refractivity contribution in [2.24, 2.45) is 0 Å². The molecule has 1 aromatic carbocycles. The summed E-state index contributed by atoms with van der Waals surface area (Å²) in [4.78, 5) is 15.3. The van der Waals surface area contributed by atoms with Gasteiger partial charge in [-0.3, -0.25) is 9.89 Å². The van der Waals surface area contributed by atoms with Crippen molar-refractivity contribution in [1.29, 1.82) is 0 Å². The van der Waals surface area contributed by atoms with Crippen LogP contribution >= 0.6 is 34.5 Å². The highest BCUT2D eigenvalue weighted by Gasteiger charge is 2.32. The molecule has 0 saturated carbocycles. The maximum absolute atomic E-state index is 12.9. The number of aromatic nitrogens is 2. The summed E-state index contributed by atoms with van der Waals surface area (Å²) in [6.07, 6.45) is 0. The van der Waals surface area contributed by atoms with Crippen LogP contribution in [-0.2, 0) is 10.0 Å². The van der Waals surface area contributed by atoms with Crippen LogP contribution in [-0.4, -0.2) is 59.9 Å². The first-order chi connectivity index (χ1) is 13.9. The monoisotopic (exact) mass is 470 g/mol. The molecule has 11 heteroatoms. The van der Waals surface area contributed by atoms with E-state index in [-0.39, 0.29) is 47.0 Å². The minimum atomic E-state index is -3.80. The third kappa shape index (κ3) is 3.93. The molecule has 1 aliphatic heterocycles. The zero-order chi connectivity index (χ0) is 20.6. The minimum absolute atomic E-state index is 0.00491. The Kier molecular flexibility index (Phi) is 5.67. The van der Waals surface area contributed by atoms with Gasteiger partial charge < -0.3 is 4.90 Å². The number of benzene rings is 1. The lowest BCUT2D eigenvalue weighted by Crippen LogP contribution is -2.50. The smallest absolute Gasteiger partial charge is 0.274 e. The van der Waals surface area contributed by atoms with Crippen LogP contribution in [0.4, 0.5) is 0 Å². The molecule has 3 aromatic rings. The van der Waals surface area contributed by atoms with Gasteiger partial charge in [0.15, 0.2) is 5.69 Å². The third-order valence-corrected chi connectivity index (χ3v) is 8.42. The maximum atomic E-state index is 12.9. The van der Waals surface area contributed by atoms with E-state index in [1.54, 1.807) is 28.4 Å². The van der Waals surface area contributed by atoms with E-state index in [0.717, 1.165) is 10.6 Å². The van der Waals surface area contributed by atoms with Gasteiger partial charge in [0.25, 0.3) is 5.91 Å². The molecule has 3 heterocycles. The first-order valence-electron chi connectivity index (χ1n) is 8.70. The van der Waals surface area contributed by atoms with E-state index in [4.69, 9.17) is 23.2 Å². The van der Waals surface area contributed by atoms with Crippen molar-refractivity contribution in [2.45, 2.75) is 4.90 Å². The van der Waals surface area contributed by atoms with E-state index in [2.05, 4.69) is 10.2 Å². The molecular weight excluding hydrogens is 455 g/mol. The fourth-order valence-corrected chi connectivity index (χ4v) is 5.96. The summed E-state index contributed by atoms with van der Waals surface area (Å²) >= 11 is 13.6. The first kappa shape index (κ1) is 20.4. The molecule has 1 N–H and O–H groups in total. The Hall–Kier alpha value is -1.91. The van der Waals surface area contributed by atoms with Gasteiger partial charge in [-0.15, -0.1) is 11.3 Å². The number of sulfonamides is 1. The zero-order valence-corrected chi connectivity index (χ0v) is 18.2. The lowest BCUT2D eigenvalue weighted by Gasteiger charge is -2.33. The van der Waals surface area contributed by atoms with Crippen molar-refractivity contribution < 1.29 is 13.2 Å². The van der Waals surface area contributed by atoms with Crippen LogP contribution < -0.4 is 0 Å². The summed E-state index contributed by atoms with van der Waals surface area (Å²) in [5.41, 5.74) is 1.09. The third-order valence-electron chi connectivity index (χ3n) is 4.64. The van der Waals surface area contributed by atoms with Crippen molar-refractivity contribution in [3.05, 3.63) is 57.5 Å². The van der Waals surface area contributed by atoms with Gasteiger partial charge in [0.2, 0.25) is 10.0 Å². The topological polar surface area (TPSA) is 86.4 Å². The molecule has 0 aliphatic carbocycles. The highest BCUT2D eigenvalue weighted by atomic mass is 35.5. The van der Waals surface area contributed by atoms with Gasteiger partial charge in [0.1, 0.15) is 4.90 Å². The van der Waals surface area contributed by atoms with Gasteiger partial charge in [-0.1, -0.05) is 35.3 Å². The molecule has 1 saturated heterocycles. The standard InChI is InChI=1S/C18H16Cl2N4O3S2/c19-12-3-1-5-16(17(12)20)29(26,27)24-8-6-23(7-9-24)18(25)14-11-13(21-22-14)15-4-2-10-28-15/h1-5,10-11H,6-9H2,(H,21,22). The molecule has 0 spiro atoms. The molecule has 4 rings (SSSR count). The van der Waals surface area contributed by atoms with Crippen LogP contribution in [0.3, 0.4) is 0 Å². The predicted octanol–water partition coefficient (Wildman–Crippen LogP) is 3.59. The minimum Gasteiger partial charge on any atom is -0.335 e. The van der Waals surface area contributed by atoms with Crippen LogP contribution in [0.15, 0.2) is 46.7 Å². The normalized spacial score (nSPS) is 15.6. The van der Waals surface area contributed by atoms with E-state index in [0.29, 0.717) is 5.69 Å². The van der Waals surface area contributed by atoms with E-state index >= 15 is 0 Å². The number of carbonyl (C=O) groups is 1. The number of H-pyrrole nitrogens is 1. The average Bonchev–Trinajstić information content (AvgIpc) is 3.41. The summed E-state index contributed by atoms with van der Waals surface area (Å²) in [6, 6.07) is 10.1. The van der Waals surface area contributed by atoms with Crippen LogP contribution in [0, 0.1) is 0 Å². The van der Waals surface area contributed by atoms with E-state index in [1.165, 1.54) is 16.4 Å². The molecular formula is C18H16Cl2N4O3S2. The largest absolute Gasteiger partial charge is 0.335 e. The highest BCUT2D eigenvalue weighted by molar-refractivity contribution is 7.89. The van der Waals surface area contributed by atoms with E-state index in [1.807, 2.05) is 17.5 Å².